The standard InChI is InChI=1S/C17H33N3O2S/c1-14(2)13-20-7-5-19(6-8-20)9-10-22-16-11-15(12-16)18(3)17(21)23-4/h14-16H,5-13H2,1-4H3. The van der Waals surface area contributed by atoms with Gasteiger partial charge in [-0.2, -0.15) is 0 Å². The summed E-state index contributed by atoms with van der Waals surface area (Å²) in [6, 6.07) is 0.375. The van der Waals surface area contributed by atoms with Gasteiger partial charge in [0.25, 0.3) is 5.24 Å². The van der Waals surface area contributed by atoms with E-state index in [1.54, 1.807) is 0 Å². The Morgan fingerprint density at radius 1 is 1.22 bits per heavy atom. The number of thioether (sulfide) groups is 1. The number of amides is 1. The Balaban J connectivity index is 1.52. The van der Waals surface area contributed by atoms with Gasteiger partial charge in [-0.3, -0.25) is 9.69 Å². The zero-order valence-corrected chi connectivity index (χ0v) is 16.0. The van der Waals surface area contributed by atoms with E-state index in [9.17, 15) is 4.79 Å². The summed E-state index contributed by atoms with van der Waals surface area (Å²) in [5, 5.41) is 0.160. The van der Waals surface area contributed by atoms with Crippen molar-refractivity contribution in [2.24, 2.45) is 5.92 Å². The Morgan fingerprint density at radius 2 is 1.83 bits per heavy atom. The molecule has 1 aliphatic heterocycles. The fourth-order valence-electron chi connectivity index (χ4n) is 3.34. The molecule has 0 bridgehead atoms. The lowest BCUT2D eigenvalue weighted by Gasteiger charge is -2.41. The molecule has 1 saturated heterocycles. The van der Waals surface area contributed by atoms with Crippen molar-refractivity contribution in [3.05, 3.63) is 0 Å². The average Bonchev–Trinajstić information content (AvgIpc) is 2.49. The van der Waals surface area contributed by atoms with Crippen molar-refractivity contribution >= 4 is 17.0 Å². The molecular formula is C17H33N3O2S. The molecular weight excluding hydrogens is 310 g/mol. The molecule has 0 aromatic rings. The lowest BCUT2D eigenvalue weighted by molar-refractivity contribution is -0.0432. The Morgan fingerprint density at radius 3 is 2.39 bits per heavy atom. The second-order valence-corrected chi connectivity index (χ2v) is 7.99. The van der Waals surface area contributed by atoms with Crippen molar-refractivity contribution in [3.8, 4) is 0 Å². The molecule has 1 aliphatic carbocycles. The van der Waals surface area contributed by atoms with Crippen LogP contribution < -0.4 is 0 Å². The molecule has 134 valence electrons. The molecule has 0 N–H and O–H groups in total. The normalized spacial score (nSPS) is 26.3. The van der Waals surface area contributed by atoms with Gasteiger partial charge in [0, 0.05) is 52.4 Å². The maximum Gasteiger partial charge on any atom is 0.281 e. The number of piperazine rings is 1. The van der Waals surface area contributed by atoms with E-state index in [1.807, 2.05) is 18.2 Å². The second kappa shape index (κ2) is 9.25. The Hall–Kier alpha value is -0.300. The molecule has 0 atom stereocenters. The third-order valence-electron chi connectivity index (χ3n) is 4.93. The van der Waals surface area contributed by atoms with Gasteiger partial charge in [0.1, 0.15) is 0 Å². The predicted octanol–water partition coefficient (Wildman–Crippen LogP) is 2.22. The van der Waals surface area contributed by atoms with Crippen LogP contribution in [0.3, 0.4) is 0 Å². The van der Waals surface area contributed by atoms with Gasteiger partial charge >= 0.3 is 0 Å². The number of ether oxygens (including phenoxy) is 1. The molecule has 1 heterocycles. The summed E-state index contributed by atoms with van der Waals surface area (Å²) in [5.74, 6) is 0.757. The number of carbonyl (C=O) groups excluding carboxylic acids is 1. The summed E-state index contributed by atoms with van der Waals surface area (Å²) in [6.07, 6.45) is 4.17. The fourth-order valence-corrected chi connectivity index (χ4v) is 3.78. The Kier molecular flexibility index (Phi) is 7.66. The van der Waals surface area contributed by atoms with Gasteiger partial charge < -0.3 is 14.5 Å². The summed E-state index contributed by atoms with van der Waals surface area (Å²) < 4.78 is 5.97. The summed E-state index contributed by atoms with van der Waals surface area (Å²) in [7, 11) is 1.90. The first kappa shape index (κ1) is 19.0. The number of carbonyl (C=O) groups is 1. The van der Waals surface area contributed by atoms with Crippen molar-refractivity contribution in [1.29, 1.82) is 0 Å². The van der Waals surface area contributed by atoms with E-state index in [0.29, 0.717) is 12.1 Å². The van der Waals surface area contributed by atoms with E-state index >= 15 is 0 Å². The molecule has 2 aliphatic rings. The molecule has 23 heavy (non-hydrogen) atoms. The average molecular weight is 344 g/mol. The molecule has 6 heteroatoms. The van der Waals surface area contributed by atoms with Gasteiger partial charge in [-0.15, -0.1) is 0 Å². The van der Waals surface area contributed by atoms with Gasteiger partial charge in [0.05, 0.1) is 12.7 Å². The van der Waals surface area contributed by atoms with E-state index in [2.05, 4.69) is 23.6 Å². The van der Waals surface area contributed by atoms with Crippen LogP contribution in [0.25, 0.3) is 0 Å². The molecule has 0 aromatic carbocycles. The summed E-state index contributed by atoms with van der Waals surface area (Å²) >= 11 is 1.29. The zero-order valence-electron chi connectivity index (χ0n) is 15.2. The van der Waals surface area contributed by atoms with Crippen LogP contribution in [0.1, 0.15) is 26.7 Å². The van der Waals surface area contributed by atoms with Crippen LogP contribution in [-0.4, -0.2) is 91.3 Å². The maximum atomic E-state index is 11.6. The third-order valence-corrected chi connectivity index (χ3v) is 5.57. The van der Waals surface area contributed by atoms with Crippen molar-refractivity contribution in [3.63, 3.8) is 0 Å². The fraction of sp³-hybridized carbons (Fsp3) is 0.941. The first-order valence-corrected chi connectivity index (χ1v) is 10.1. The summed E-state index contributed by atoms with van der Waals surface area (Å²) in [5.41, 5.74) is 0. The summed E-state index contributed by atoms with van der Waals surface area (Å²) in [4.78, 5) is 18.5. The number of hydrogen-bond acceptors (Lipinski definition) is 5. The predicted molar refractivity (Wildman–Crippen MR) is 97.2 cm³/mol. The third kappa shape index (κ3) is 5.93. The maximum absolute atomic E-state index is 11.6. The van der Waals surface area contributed by atoms with Crippen LogP contribution in [0.4, 0.5) is 4.79 Å². The quantitative estimate of drug-likeness (QED) is 0.708. The smallest absolute Gasteiger partial charge is 0.281 e. The van der Waals surface area contributed by atoms with E-state index in [-0.39, 0.29) is 5.24 Å². The largest absolute Gasteiger partial charge is 0.377 e. The molecule has 5 nitrogen and oxygen atoms in total. The van der Waals surface area contributed by atoms with Crippen molar-refractivity contribution < 1.29 is 9.53 Å². The highest BCUT2D eigenvalue weighted by molar-refractivity contribution is 8.12. The highest BCUT2D eigenvalue weighted by Gasteiger charge is 2.34. The lowest BCUT2D eigenvalue weighted by atomic mass is 9.88. The molecule has 1 amide bonds. The highest BCUT2D eigenvalue weighted by atomic mass is 32.2. The van der Waals surface area contributed by atoms with E-state index < -0.39 is 0 Å². The molecule has 0 spiro atoms. The first-order chi connectivity index (χ1) is 11.0. The van der Waals surface area contributed by atoms with Crippen molar-refractivity contribution in [1.82, 2.24) is 14.7 Å². The van der Waals surface area contributed by atoms with E-state index in [4.69, 9.17) is 4.74 Å². The van der Waals surface area contributed by atoms with Gasteiger partial charge in [-0.05, 0) is 25.0 Å². The molecule has 2 rings (SSSR count). The lowest BCUT2D eigenvalue weighted by Crippen LogP contribution is -2.50. The molecule has 2 fully saturated rings. The Bertz CT molecular complexity index is 367. The second-order valence-electron chi connectivity index (χ2n) is 7.24. The molecule has 0 aromatic heterocycles. The van der Waals surface area contributed by atoms with Gasteiger partial charge in [0.15, 0.2) is 0 Å². The van der Waals surface area contributed by atoms with Crippen LogP contribution in [0, 0.1) is 5.92 Å². The zero-order chi connectivity index (χ0) is 16.8. The number of nitrogens with zero attached hydrogens (tertiary/aromatic N) is 3. The van der Waals surface area contributed by atoms with Gasteiger partial charge in [-0.1, -0.05) is 25.6 Å². The number of rotatable bonds is 7. The monoisotopic (exact) mass is 343 g/mol. The molecule has 0 unspecified atom stereocenters. The van der Waals surface area contributed by atoms with Gasteiger partial charge in [-0.25, -0.2) is 0 Å². The SMILES string of the molecule is CSC(=O)N(C)C1CC(OCCN2CCN(CC(C)C)CC2)C1. The van der Waals surface area contributed by atoms with Crippen LogP contribution in [0.2, 0.25) is 0 Å². The molecule has 0 radical (unpaired) electrons. The van der Waals surface area contributed by atoms with Crippen LogP contribution in [0.5, 0.6) is 0 Å². The minimum atomic E-state index is 0.160. The minimum Gasteiger partial charge on any atom is -0.377 e. The molecule has 1 saturated carbocycles. The van der Waals surface area contributed by atoms with Gasteiger partial charge in [0.2, 0.25) is 0 Å². The van der Waals surface area contributed by atoms with E-state index in [1.165, 1.54) is 31.4 Å². The number of hydrogen-bond donors (Lipinski definition) is 0. The Labute approximate surface area is 145 Å². The van der Waals surface area contributed by atoms with E-state index in [0.717, 1.165) is 45.0 Å². The topological polar surface area (TPSA) is 36.0 Å². The van der Waals surface area contributed by atoms with Crippen LogP contribution in [0.15, 0.2) is 0 Å². The first-order valence-electron chi connectivity index (χ1n) is 8.86. The summed E-state index contributed by atoms with van der Waals surface area (Å²) in [6.45, 7) is 12.3. The van der Waals surface area contributed by atoms with Crippen LogP contribution >= 0.6 is 11.8 Å². The van der Waals surface area contributed by atoms with Crippen molar-refractivity contribution in [2.75, 3.05) is 59.2 Å². The van der Waals surface area contributed by atoms with Crippen molar-refractivity contribution in [2.45, 2.75) is 38.8 Å². The minimum absolute atomic E-state index is 0.160. The highest BCUT2D eigenvalue weighted by Crippen LogP contribution is 2.28. The van der Waals surface area contributed by atoms with Crippen LogP contribution in [-0.2, 0) is 4.74 Å².